The van der Waals surface area contributed by atoms with Gasteiger partial charge in [-0.2, -0.15) is 0 Å². The first-order valence-corrected chi connectivity index (χ1v) is 10.8. The molecule has 0 aromatic heterocycles. The predicted molar refractivity (Wildman–Crippen MR) is 134 cm³/mol. The molecule has 0 fully saturated rings. The summed E-state index contributed by atoms with van der Waals surface area (Å²) in [5, 5.41) is 5.33. The molecule has 4 aromatic rings. The first-order valence-electron chi connectivity index (χ1n) is 10.8. The molecule has 0 unspecified atom stereocenters. The molecule has 0 saturated heterocycles. The van der Waals surface area contributed by atoms with Crippen molar-refractivity contribution in [2.24, 2.45) is 0 Å². The highest BCUT2D eigenvalue weighted by atomic mass is 16.2. The fourth-order valence-electron chi connectivity index (χ4n) is 4.12. The van der Waals surface area contributed by atoms with Crippen LogP contribution in [0.4, 0.5) is 17.1 Å². The van der Waals surface area contributed by atoms with Crippen molar-refractivity contribution in [1.82, 2.24) is 0 Å². The number of amides is 2. The SMILES string of the molecule is CN(C)c1ccc(N2C(=O)C(Nc3cccc4ccccc34)=C(c3ccccc3)C2=O)cc1. The Bertz CT molecular complexity index is 1380. The van der Waals surface area contributed by atoms with Crippen molar-refractivity contribution in [3.63, 3.8) is 0 Å². The van der Waals surface area contributed by atoms with Gasteiger partial charge >= 0.3 is 0 Å². The van der Waals surface area contributed by atoms with Crippen molar-refractivity contribution in [3.8, 4) is 0 Å². The molecule has 0 bridgehead atoms. The van der Waals surface area contributed by atoms with E-state index in [1.165, 1.54) is 4.90 Å². The van der Waals surface area contributed by atoms with E-state index in [0.717, 1.165) is 22.1 Å². The topological polar surface area (TPSA) is 52.6 Å². The second-order valence-corrected chi connectivity index (χ2v) is 8.12. The average Bonchev–Trinajstić information content (AvgIpc) is 3.09. The van der Waals surface area contributed by atoms with E-state index in [1.54, 1.807) is 12.1 Å². The lowest BCUT2D eigenvalue weighted by Crippen LogP contribution is -2.32. The summed E-state index contributed by atoms with van der Waals surface area (Å²) >= 11 is 0. The Morgan fingerprint density at radius 2 is 1.36 bits per heavy atom. The predicted octanol–water partition coefficient (Wildman–Crippen LogP) is 5.30. The van der Waals surface area contributed by atoms with Gasteiger partial charge in [0, 0.05) is 30.9 Å². The van der Waals surface area contributed by atoms with Crippen LogP contribution in [0.2, 0.25) is 0 Å². The number of hydrogen-bond donors (Lipinski definition) is 1. The first kappa shape index (κ1) is 20.5. The number of nitrogens with zero attached hydrogens (tertiary/aromatic N) is 2. The Morgan fingerprint density at radius 3 is 2.09 bits per heavy atom. The molecular weight excluding hydrogens is 410 g/mol. The number of fused-ring (bicyclic) bond motifs is 1. The zero-order valence-corrected chi connectivity index (χ0v) is 18.4. The molecule has 0 atom stereocenters. The summed E-state index contributed by atoms with van der Waals surface area (Å²) in [5.41, 5.74) is 3.65. The number of hydrogen-bond acceptors (Lipinski definition) is 4. The van der Waals surface area contributed by atoms with Crippen LogP contribution in [0.3, 0.4) is 0 Å². The molecule has 1 N–H and O–H groups in total. The minimum atomic E-state index is -0.371. The maximum atomic E-state index is 13.6. The molecule has 33 heavy (non-hydrogen) atoms. The number of nitrogens with one attached hydrogen (secondary N) is 1. The van der Waals surface area contributed by atoms with Crippen LogP contribution in [-0.4, -0.2) is 25.9 Å². The van der Waals surface area contributed by atoms with Crippen LogP contribution in [0, 0.1) is 0 Å². The van der Waals surface area contributed by atoms with Crippen LogP contribution in [-0.2, 0) is 9.59 Å². The Balaban J connectivity index is 1.61. The van der Waals surface area contributed by atoms with Crippen LogP contribution < -0.4 is 15.1 Å². The van der Waals surface area contributed by atoms with Crippen molar-refractivity contribution in [3.05, 3.63) is 108 Å². The summed E-state index contributed by atoms with van der Waals surface area (Å²) < 4.78 is 0. The average molecular weight is 434 g/mol. The molecule has 5 heteroatoms. The minimum absolute atomic E-state index is 0.277. The number of carbonyl (C=O) groups is 2. The standard InChI is InChI=1S/C28H23N3O2/c1-30(2)21-15-17-22(18-16-21)31-27(32)25(20-10-4-3-5-11-20)26(28(31)33)29-24-14-8-12-19-9-6-7-13-23(19)24/h3-18,29H,1-2H3. The van der Waals surface area contributed by atoms with Crippen LogP contribution in [0.1, 0.15) is 5.56 Å². The lowest BCUT2D eigenvalue weighted by molar-refractivity contribution is -0.120. The first-order chi connectivity index (χ1) is 16.0. The monoisotopic (exact) mass is 433 g/mol. The third-order valence-electron chi connectivity index (χ3n) is 5.82. The molecule has 0 spiro atoms. The lowest BCUT2D eigenvalue weighted by Gasteiger charge is -2.18. The normalized spacial score (nSPS) is 13.7. The maximum Gasteiger partial charge on any atom is 0.282 e. The summed E-state index contributed by atoms with van der Waals surface area (Å²) in [6, 6.07) is 30.6. The van der Waals surface area contributed by atoms with Crippen LogP contribution >= 0.6 is 0 Å². The molecule has 162 valence electrons. The molecule has 0 saturated carbocycles. The Morgan fingerprint density at radius 1 is 0.697 bits per heavy atom. The highest BCUT2D eigenvalue weighted by Gasteiger charge is 2.40. The molecule has 5 nitrogen and oxygen atoms in total. The Kier molecular flexibility index (Phi) is 5.15. The van der Waals surface area contributed by atoms with Gasteiger partial charge in [0.1, 0.15) is 5.70 Å². The molecular formula is C28H23N3O2. The van der Waals surface area contributed by atoms with Gasteiger partial charge in [-0.25, -0.2) is 4.90 Å². The summed E-state index contributed by atoms with van der Waals surface area (Å²) in [7, 11) is 3.89. The summed E-state index contributed by atoms with van der Waals surface area (Å²) in [6.07, 6.45) is 0. The smallest absolute Gasteiger partial charge is 0.282 e. The quantitative estimate of drug-likeness (QED) is 0.434. The minimum Gasteiger partial charge on any atom is -0.378 e. The largest absolute Gasteiger partial charge is 0.378 e. The summed E-state index contributed by atoms with van der Waals surface area (Å²) in [5.74, 6) is -0.712. The van der Waals surface area contributed by atoms with Crippen molar-refractivity contribution in [2.45, 2.75) is 0 Å². The molecule has 4 aromatic carbocycles. The molecule has 0 aliphatic carbocycles. The van der Waals surface area contributed by atoms with Gasteiger partial charge in [-0.1, -0.05) is 66.7 Å². The van der Waals surface area contributed by atoms with Gasteiger partial charge in [-0.15, -0.1) is 0 Å². The van der Waals surface area contributed by atoms with Gasteiger partial charge in [-0.05, 0) is 41.3 Å². The van der Waals surface area contributed by atoms with Gasteiger partial charge in [-0.3, -0.25) is 9.59 Å². The highest BCUT2D eigenvalue weighted by Crippen LogP contribution is 2.35. The van der Waals surface area contributed by atoms with Crippen LogP contribution in [0.15, 0.2) is 103 Å². The molecule has 1 heterocycles. The maximum absolute atomic E-state index is 13.6. The van der Waals surface area contributed by atoms with Crippen molar-refractivity contribution < 1.29 is 9.59 Å². The molecule has 1 aliphatic heterocycles. The molecule has 5 rings (SSSR count). The number of carbonyl (C=O) groups excluding carboxylic acids is 2. The van der Waals surface area contributed by atoms with Crippen LogP contribution in [0.25, 0.3) is 16.3 Å². The fourth-order valence-corrected chi connectivity index (χ4v) is 4.12. The van der Waals surface area contributed by atoms with E-state index in [9.17, 15) is 9.59 Å². The highest BCUT2D eigenvalue weighted by molar-refractivity contribution is 6.46. The Labute approximate surface area is 192 Å². The van der Waals surface area contributed by atoms with E-state index in [0.29, 0.717) is 16.8 Å². The Hall–Kier alpha value is -4.38. The number of imide groups is 1. The van der Waals surface area contributed by atoms with Gasteiger partial charge in [0.25, 0.3) is 11.8 Å². The van der Waals surface area contributed by atoms with Crippen molar-refractivity contribution in [1.29, 1.82) is 0 Å². The lowest BCUT2D eigenvalue weighted by atomic mass is 10.0. The van der Waals surface area contributed by atoms with Gasteiger partial charge in [0.05, 0.1) is 11.3 Å². The van der Waals surface area contributed by atoms with E-state index in [2.05, 4.69) is 5.32 Å². The van der Waals surface area contributed by atoms with E-state index >= 15 is 0 Å². The molecule has 0 radical (unpaired) electrons. The second kappa shape index (κ2) is 8.28. The third kappa shape index (κ3) is 3.64. The number of rotatable bonds is 5. The zero-order chi connectivity index (χ0) is 22.9. The zero-order valence-electron chi connectivity index (χ0n) is 18.4. The van der Waals surface area contributed by atoms with Gasteiger partial charge in [0.15, 0.2) is 0 Å². The number of benzene rings is 4. The summed E-state index contributed by atoms with van der Waals surface area (Å²) in [4.78, 5) is 30.4. The van der Waals surface area contributed by atoms with Gasteiger partial charge in [0.2, 0.25) is 0 Å². The number of anilines is 3. The van der Waals surface area contributed by atoms with Crippen molar-refractivity contribution >= 4 is 45.2 Å². The molecule has 2 amide bonds. The van der Waals surface area contributed by atoms with E-state index in [4.69, 9.17) is 0 Å². The van der Waals surface area contributed by atoms with E-state index in [1.807, 2.05) is 104 Å². The molecule has 1 aliphatic rings. The van der Waals surface area contributed by atoms with E-state index in [-0.39, 0.29) is 17.5 Å². The fraction of sp³-hybridized carbons (Fsp3) is 0.0714. The summed E-state index contributed by atoms with van der Waals surface area (Å²) in [6.45, 7) is 0. The second-order valence-electron chi connectivity index (χ2n) is 8.12. The van der Waals surface area contributed by atoms with Gasteiger partial charge < -0.3 is 10.2 Å². The van der Waals surface area contributed by atoms with Crippen LogP contribution in [0.5, 0.6) is 0 Å². The third-order valence-corrected chi connectivity index (χ3v) is 5.82. The van der Waals surface area contributed by atoms with Crippen molar-refractivity contribution in [2.75, 3.05) is 29.2 Å². The van der Waals surface area contributed by atoms with E-state index < -0.39 is 0 Å².